The molecule has 0 aliphatic carbocycles. The molecule has 0 saturated heterocycles. The Morgan fingerprint density at radius 2 is 1.52 bits per heavy atom. The number of rotatable bonds is 3. The van der Waals surface area contributed by atoms with Crippen LogP contribution in [0.4, 0.5) is 0 Å². The van der Waals surface area contributed by atoms with Gasteiger partial charge >= 0.3 is 0 Å². The first-order valence-electron chi connectivity index (χ1n) is 10.7. The SMILES string of the molecule is Cc1ccc(S(=O)(=O)N2Cc3cc4ccc5ccccc5c4c([Si](C)(C)C)c3C2)cc1. The third-order valence-electron chi connectivity index (χ3n) is 6.32. The van der Waals surface area contributed by atoms with E-state index in [1.54, 1.807) is 16.4 Å². The molecule has 0 unspecified atom stereocenters. The molecule has 4 aromatic rings. The molecule has 0 amide bonds. The molecule has 4 aromatic carbocycles. The predicted octanol–water partition coefficient (Wildman–Crippen LogP) is 5.55. The van der Waals surface area contributed by atoms with E-state index in [9.17, 15) is 8.42 Å². The van der Waals surface area contributed by atoms with Crippen LogP contribution in [0, 0.1) is 6.92 Å². The molecule has 0 bridgehead atoms. The molecular formula is C26H27NO2SSi. The van der Waals surface area contributed by atoms with Crippen molar-refractivity contribution < 1.29 is 8.42 Å². The van der Waals surface area contributed by atoms with Crippen molar-refractivity contribution in [1.82, 2.24) is 4.31 Å². The van der Waals surface area contributed by atoms with Crippen LogP contribution in [0.2, 0.25) is 19.6 Å². The monoisotopic (exact) mass is 445 g/mol. The summed E-state index contributed by atoms with van der Waals surface area (Å²) in [4.78, 5) is 0.371. The van der Waals surface area contributed by atoms with Crippen molar-refractivity contribution in [3.8, 4) is 0 Å². The van der Waals surface area contributed by atoms with E-state index in [-0.39, 0.29) is 0 Å². The maximum Gasteiger partial charge on any atom is 0.243 e. The van der Waals surface area contributed by atoms with Crippen LogP contribution in [-0.2, 0) is 23.1 Å². The predicted molar refractivity (Wildman–Crippen MR) is 132 cm³/mol. The molecule has 5 heteroatoms. The molecule has 0 radical (unpaired) electrons. The Morgan fingerprint density at radius 3 is 2.23 bits per heavy atom. The highest BCUT2D eigenvalue weighted by atomic mass is 32.2. The van der Waals surface area contributed by atoms with Crippen molar-refractivity contribution in [2.45, 2.75) is 44.5 Å². The quantitative estimate of drug-likeness (QED) is 0.306. The van der Waals surface area contributed by atoms with Gasteiger partial charge in [0.15, 0.2) is 0 Å². The van der Waals surface area contributed by atoms with Gasteiger partial charge < -0.3 is 0 Å². The van der Waals surface area contributed by atoms with Crippen LogP contribution in [0.5, 0.6) is 0 Å². The van der Waals surface area contributed by atoms with E-state index in [0.29, 0.717) is 18.0 Å². The van der Waals surface area contributed by atoms with Crippen LogP contribution in [0.1, 0.15) is 16.7 Å². The molecule has 1 aliphatic heterocycles. The molecule has 0 atom stereocenters. The van der Waals surface area contributed by atoms with Gasteiger partial charge in [-0.05, 0) is 63.0 Å². The number of sulfonamides is 1. The first-order chi connectivity index (χ1) is 14.7. The first kappa shape index (κ1) is 20.4. The second-order valence-corrected chi connectivity index (χ2v) is 16.5. The minimum absolute atomic E-state index is 0.371. The minimum atomic E-state index is -3.54. The lowest BCUT2D eigenvalue weighted by Gasteiger charge is -2.24. The molecule has 0 aromatic heterocycles. The molecule has 31 heavy (non-hydrogen) atoms. The molecule has 1 aliphatic rings. The van der Waals surface area contributed by atoms with Crippen LogP contribution in [0.3, 0.4) is 0 Å². The van der Waals surface area contributed by atoms with Gasteiger partial charge in [-0.3, -0.25) is 0 Å². The molecule has 0 spiro atoms. The molecule has 5 rings (SSSR count). The summed E-state index contributed by atoms with van der Waals surface area (Å²) in [7, 11) is -5.31. The Hall–Kier alpha value is -2.47. The van der Waals surface area contributed by atoms with Crippen molar-refractivity contribution in [2.24, 2.45) is 0 Å². The Kier molecular flexibility index (Phi) is 4.63. The van der Waals surface area contributed by atoms with Gasteiger partial charge in [-0.25, -0.2) is 8.42 Å². The molecule has 3 nitrogen and oxygen atoms in total. The van der Waals surface area contributed by atoms with Crippen LogP contribution < -0.4 is 5.19 Å². The van der Waals surface area contributed by atoms with Gasteiger partial charge in [0.1, 0.15) is 0 Å². The van der Waals surface area contributed by atoms with Crippen LogP contribution in [0.25, 0.3) is 21.5 Å². The van der Waals surface area contributed by atoms with Crippen LogP contribution in [-0.4, -0.2) is 20.8 Å². The molecule has 0 saturated carbocycles. The van der Waals surface area contributed by atoms with Gasteiger partial charge in [-0.1, -0.05) is 73.7 Å². The third kappa shape index (κ3) is 3.32. The lowest BCUT2D eigenvalue weighted by atomic mass is 9.97. The Balaban J connectivity index is 1.72. The Morgan fingerprint density at radius 1 is 0.839 bits per heavy atom. The Bertz CT molecular complexity index is 1430. The number of hydrogen-bond acceptors (Lipinski definition) is 2. The zero-order chi connectivity index (χ0) is 22.0. The maximum atomic E-state index is 13.4. The summed E-state index contributed by atoms with van der Waals surface area (Å²) in [6.07, 6.45) is 0. The van der Waals surface area contributed by atoms with Gasteiger partial charge in [-0.2, -0.15) is 4.31 Å². The van der Waals surface area contributed by atoms with E-state index in [1.807, 2.05) is 19.1 Å². The summed E-state index contributed by atoms with van der Waals surface area (Å²) in [6, 6.07) is 22.3. The van der Waals surface area contributed by atoms with Gasteiger partial charge in [0.05, 0.1) is 13.0 Å². The normalized spacial score (nSPS) is 15.0. The van der Waals surface area contributed by atoms with Crippen LogP contribution in [0.15, 0.2) is 71.6 Å². The lowest BCUT2D eigenvalue weighted by molar-refractivity contribution is 0.432. The first-order valence-corrected chi connectivity index (χ1v) is 15.6. The largest absolute Gasteiger partial charge is 0.243 e. The molecular weight excluding hydrogens is 418 g/mol. The average molecular weight is 446 g/mol. The number of nitrogens with zero attached hydrogens (tertiary/aromatic N) is 1. The number of aryl methyl sites for hydroxylation is 1. The maximum absolute atomic E-state index is 13.4. The fourth-order valence-corrected chi connectivity index (χ4v) is 8.44. The van der Waals surface area contributed by atoms with Crippen molar-refractivity contribution in [1.29, 1.82) is 0 Å². The summed E-state index contributed by atoms with van der Waals surface area (Å²) in [5.74, 6) is 0. The van der Waals surface area contributed by atoms with E-state index >= 15 is 0 Å². The zero-order valence-corrected chi connectivity index (χ0v) is 20.3. The highest BCUT2D eigenvalue weighted by Gasteiger charge is 2.35. The second-order valence-electron chi connectivity index (χ2n) is 9.61. The van der Waals surface area contributed by atoms with Crippen molar-refractivity contribution >= 4 is 44.8 Å². The van der Waals surface area contributed by atoms with E-state index in [4.69, 9.17) is 0 Å². The van der Waals surface area contributed by atoms with E-state index < -0.39 is 18.1 Å². The van der Waals surface area contributed by atoms with Crippen molar-refractivity contribution in [3.63, 3.8) is 0 Å². The van der Waals surface area contributed by atoms with Crippen molar-refractivity contribution in [2.75, 3.05) is 0 Å². The highest BCUT2D eigenvalue weighted by Crippen LogP contribution is 2.35. The average Bonchev–Trinajstić information content (AvgIpc) is 3.15. The zero-order valence-electron chi connectivity index (χ0n) is 18.4. The van der Waals surface area contributed by atoms with Crippen molar-refractivity contribution in [3.05, 3.63) is 83.4 Å². The van der Waals surface area contributed by atoms with E-state index in [2.05, 4.69) is 62.1 Å². The smallest absolute Gasteiger partial charge is 0.207 e. The molecule has 0 N–H and O–H groups in total. The molecule has 1 heterocycles. The van der Waals surface area contributed by atoms with Gasteiger partial charge in [0, 0.05) is 13.1 Å². The lowest BCUT2D eigenvalue weighted by Crippen LogP contribution is -2.41. The van der Waals surface area contributed by atoms with Gasteiger partial charge in [0.2, 0.25) is 10.0 Å². The summed E-state index contributed by atoms with van der Waals surface area (Å²) >= 11 is 0. The summed E-state index contributed by atoms with van der Waals surface area (Å²) in [5, 5.41) is 6.42. The fourth-order valence-electron chi connectivity index (χ4n) is 4.87. The summed E-state index contributed by atoms with van der Waals surface area (Å²) < 4.78 is 28.5. The second kappa shape index (κ2) is 7.02. The van der Waals surface area contributed by atoms with Crippen LogP contribution >= 0.6 is 0 Å². The van der Waals surface area contributed by atoms with Gasteiger partial charge in [0.25, 0.3) is 0 Å². The number of hydrogen-bond donors (Lipinski definition) is 0. The third-order valence-corrected chi connectivity index (χ3v) is 10.2. The highest BCUT2D eigenvalue weighted by molar-refractivity contribution is 7.89. The van der Waals surface area contributed by atoms with E-state index in [1.165, 1.54) is 32.3 Å². The number of fused-ring (bicyclic) bond motifs is 4. The minimum Gasteiger partial charge on any atom is -0.207 e. The fraction of sp³-hybridized carbons (Fsp3) is 0.231. The molecule has 0 fully saturated rings. The standard InChI is InChI=1S/C26H27NO2SSi/c1-18-9-13-22(14-10-18)30(28,29)27-16-21-15-20-12-11-19-7-5-6-8-23(19)25(20)26(24(21)17-27)31(2,3)4/h5-15H,16-17H2,1-4H3. The summed E-state index contributed by atoms with van der Waals surface area (Å²) in [6.45, 7) is 9.94. The topological polar surface area (TPSA) is 37.4 Å². The summed E-state index contributed by atoms with van der Waals surface area (Å²) in [5.41, 5.74) is 3.43. The molecule has 158 valence electrons. The Labute approximate surface area is 185 Å². The van der Waals surface area contributed by atoms with E-state index in [0.717, 1.165) is 11.1 Å². The number of benzene rings is 4. The van der Waals surface area contributed by atoms with Gasteiger partial charge in [-0.15, -0.1) is 0 Å².